The van der Waals surface area contributed by atoms with Gasteiger partial charge in [0.1, 0.15) is 0 Å². The molecule has 10 heteroatoms. The first-order valence-corrected chi connectivity index (χ1v) is 10.2. The summed E-state index contributed by atoms with van der Waals surface area (Å²) in [5.74, 6) is -1.31. The van der Waals surface area contributed by atoms with Crippen LogP contribution in [0.2, 0.25) is 5.02 Å². The van der Waals surface area contributed by atoms with Crippen LogP contribution in [0.5, 0.6) is 0 Å². The van der Waals surface area contributed by atoms with Gasteiger partial charge in [-0.05, 0) is 42.5 Å². The third-order valence-electron chi connectivity index (χ3n) is 3.40. The molecule has 0 unspecified atom stereocenters. The topological polar surface area (TPSA) is 92.8 Å². The van der Waals surface area contributed by atoms with Gasteiger partial charge in [-0.15, -0.1) is 0 Å². The van der Waals surface area contributed by atoms with Gasteiger partial charge in [-0.3, -0.25) is 4.79 Å². The zero-order valence-corrected chi connectivity index (χ0v) is 17.6. The lowest BCUT2D eigenvalue weighted by Gasteiger charge is -2.14. The molecular formula is C17H16BrClN2O5S. The van der Waals surface area contributed by atoms with E-state index in [0.29, 0.717) is 5.56 Å². The molecule has 0 aliphatic heterocycles. The maximum Gasteiger partial charge on any atom is 0.338 e. The van der Waals surface area contributed by atoms with Gasteiger partial charge >= 0.3 is 5.97 Å². The van der Waals surface area contributed by atoms with Crippen molar-refractivity contribution in [1.82, 2.24) is 4.31 Å². The minimum Gasteiger partial charge on any atom is -0.452 e. The number of rotatable bonds is 6. The third kappa shape index (κ3) is 5.52. The van der Waals surface area contributed by atoms with Crippen molar-refractivity contribution in [2.75, 3.05) is 26.0 Å². The van der Waals surface area contributed by atoms with Crippen molar-refractivity contribution >= 4 is 55.1 Å². The van der Waals surface area contributed by atoms with Crippen molar-refractivity contribution in [1.29, 1.82) is 0 Å². The Morgan fingerprint density at radius 2 is 1.78 bits per heavy atom. The summed E-state index contributed by atoms with van der Waals surface area (Å²) in [6.45, 7) is -0.546. The van der Waals surface area contributed by atoms with E-state index in [1.54, 1.807) is 24.3 Å². The molecule has 0 saturated heterocycles. The van der Waals surface area contributed by atoms with Gasteiger partial charge in [0.2, 0.25) is 10.0 Å². The molecule has 0 atom stereocenters. The SMILES string of the molecule is CN(C)S(=O)(=O)c1ccc(Cl)c(NC(=O)COC(=O)c2ccc(Br)cc2)c1. The van der Waals surface area contributed by atoms with E-state index in [-0.39, 0.29) is 15.6 Å². The normalized spacial score (nSPS) is 11.3. The fraction of sp³-hybridized carbons (Fsp3) is 0.176. The highest BCUT2D eigenvalue weighted by molar-refractivity contribution is 9.10. The van der Waals surface area contributed by atoms with Gasteiger partial charge in [0.15, 0.2) is 6.61 Å². The van der Waals surface area contributed by atoms with Crippen molar-refractivity contribution in [2.45, 2.75) is 4.90 Å². The number of hydrogen-bond acceptors (Lipinski definition) is 5. The maximum absolute atomic E-state index is 12.2. The van der Waals surface area contributed by atoms with E-state index in [4.69, 9.17) is 16.3 Å². The van der Waals surface area contributed by atoms with Crippen molar-refractivity contribution in [2.24, 2.45) is 0 Å². The van der Waals surface area contributed by atoms with Crippen LogP contribution < -0.4 is 5.32 Å². The Morgan fingerprint density at radius 3 is 2.37 bits per heavy atom. The molecule has 0 saturated carbocycles. The molecule has 0 spiro atoms. The van der Waals surface area contributed by atoms with Crippen LogP contribution in [0.3, 0.4) is 0 Å². The smallest absolute Gasteiger partial charge is 0.338 e. The standard InChI is InChI=1S/C17H16BrClN2O5S/c1-21(2)27(24,25)13-7-8-14(19)15(9-13)20-16(22)10-26-17(23)11-3-5-12(18)6-4-11/h3-9H,10H2,1-2H3,(H,20,22). The highest BCUT2D eigenvalue weighted by Gasteiger charge is 2.19. The van der Waals surface area contributed by atoms with Gasteiger partial charge in [0.05, 0.1) is 21.2 Å². The highest BCUT2D eigenvalue weighted by Crippen LogP contribution is 2.26. The third-order valence-corrected chi connectivity index (χ3v) is 6.07. The first-order valence-electron chi connectivity index (χ1n) is 7.56. The predicted octanol–water partition coefficient (Wildman–Crippen LogP) is 3.15. The molecule has 1 amide bonds. The Morgan fingerprint density at radius 1 is 1.15 bits per heavy atom. The maximum atomic E-state index is 12.2. The number of esters is 1. The molecule has 2 rings (SSSR count). The number of benzene rings is 2. The second kappa shape index (κ2) is 8.83. The molecule has 0 radical (unpaired) electrons. The number of ether oxygens (including phenoxy) is 1. The lowest BCUT2D eigenvalue weighted by Crippen LogP contribution is -2.23. The van der Waals surface area contributed by atoms with Gasteiger partial charge in [-0.2, -0.15) is 0 Å². The predicted molar refractivity (Wildman–Crippen MR) is 105 cm³/mol. The summed E-state index contributed by atoms with van der Waals surface area (Å²) in [4.78, 5) is 23.9. The lowest BCUT2D eigenvalue weighted by atomic mass is 10.2. The molecule has 0 bridgehead atoms. The van der Waals surface area contributed by atoms with Crippen LogP contribution in [0.25, 0.3) is 0 Å². The Bertz CT molecular complexity index is 962. The molecule has 144 valence electrons. The van der Waals surface area contributed by atoms with E-state index in [1.807, 2.05) is 0 Å². The van der Waals surface area contributed by atoms with E-state index in [2.05, 4.69) is 21.2 Å². The largest absolute Gasteiger partial charge is 0.452 e. The fourth-order valence-corrected chi connectivity index (χ4v) is 3.32. The molecule has 0 fully saturated rings. The second-order valence-electron chi connectivity index (χ2n) is 5.56. The first-order chi connectivity index (χ1) is 12.6. The number of halogens is 2. The van der Waals surface area contributed by atoms with Crippen molar-refractivity contribution in [3.05, 3.63) is 57.5 Å². The van der Waals surface area contributed by atoms with Crippen LogP contribution in [0, 0.1) is 0 Å². The summed E-state index contributed by atoms with van der Waals surface area (Å²) in [6, 6.07) is 10.4. The monoisotopic (exact) mass is 474 g/mol. The van der Waals surface area contributed by atoms with Crippen molar-refractivity contribution < 1.29 is 22.7 Å². The number of amides is 1. The number of nitrogens with zero attached hydrogens (tertiary/aromatic N) is 1. The fourth-order valence-electron chi connectivity index (χ4n) is 1.96. The van der Waals surface area contributed by atoms with Gasteiger partial charge in [-0.25, -0.2) is 17.5 Å². The summed E-state index contributed by atoms with van der Waals surface area (Å²) >= 11 is 9.26. The molecule has 0 aliphatic rings. The molecule has 0 heterocycles. The molecule has 2 aromatic rings. The van der Waals surface area contributed by atoms with E-state index in [1.165, 1.54) is 32.3 Å². The summed E-state index contributed by atoms with van der Waals surface area (Å²) in [6.07, 6.45) is 0. The van der Waals surface area contributed by atoms with E-state index < -0.39 is 28.5 Å². The number of carbonyl (C=O) groups is 2. The lowest BCUT2D eigenvalue weighted by molar-refractivity contribution is -0.119. The average Bonchev–Trinajstić information content (AvgIpc) is 2.61. The zero-order valence-electron chi connectivity index (χ0n) is 14.4. The Balaban J connectivity index is 2.05. The van der Waals surface area contributed by atoms with Crippen LogP contribution in [0.1, 0.15) is 10.4 Å². The van der Waals surface area contributed by atoms with Crippen LogP contribution >= 0.6 is 27.5 Å². The van der Waals surface area contributed by atoms with E-state index in [9.17, 15) is 18.0 Å². The molecule has 27 heavy (non-hydrogen) atoms. The number of carbonyl (C=O) groups excluding carboxylic acids is 2. The van der Waals surface area contributed by atoms with E-state index >= 15 is 0 Å². The summed E-state index contributed by atoms with van der Waals surface area (Å²) < 4.78 is 31.1. The number of sulfonamides is 1. The van der Waals surface area contributed by atoms with Crippen LogP contribution in [-0.2, 0) is 19.6 Å². The number of hydrogen-bond donors (Lipinski definition) is 1. The molecule has 1 N–H and O–H groups in total. The molecular weight excluding hydrogens is 460 g/mol. The Labute approximate surface area is 170 Å². The zero-order chi connectivity index (χ0) is 20.2. The highest BCUT2D eigenvalue weighted by atomic mass is 79.9. The summed E-state index contributed by atoms with van der Waals surface area (Å²) in [7, 11) is -0.898. The van der Waals surface area contributed by atoms with Crippen LogP contribution in [0.4, 0.5) is 5.69 Å². The van der Waals surface area contributed by atoms with Gasteiger partial charge in [0, 0.05) is 18.6 Å². The minimum absolute atomic E-state index is 0.0287. The van der Waals surface area contributed by atoms with Crippen molar-refractivity contribution in [3.8, 4) is 0 Å². The first kappa shape index (κ1) is 21.4. The van der Waals surface area contributed by atoms with Gasteiger partial charge in [-0.1, -0.05) is 27.5 Å². The van der Waals surface area contributed by atoms with Crippen molar-refractivity contribution in [3.63, 3.8) is 0 Å². The van der Waals surface area contributed by atoms with Gasteiger partial charge in [0.25, 0.3) is 5.91 Å². The minimum atomic E-state index is -3.68. The quantitative estimate of drug-likeness (QED) is 0.648. The van der Waals surface area contributed by atoms with Crippen LogP contribution in [-0.4, -0.2) is 45.3 Å². The number of nitrogens with one attached hydrogen (secondary N) is 1. The summed E-state index contributed by atoms with van der Waals surface area (Å²) in [5.41, 5.74) is 0.396. The second-order valence-corrected chi connectivity index (χ2v) is 9.03. The Hall–Kier alpha value is -1.94. The molecule has 0 aromatic heterocycles. The molecule has 7 nitrogen and oxygen atoms in total. The Kier molecular flexibility index (Phi) is 6.99. The molecule has 0 aliphatic carbocycles. The van der Waals surface area contributed by atoms with E-state index in [0.717, 1.165) is 8.78 Å². The van der Waals surface area contributed by atoms with Crippen LogP contribution in [0.15, 0.2) is 51.8 Å². The summed E-state index contributed by atoms with van der Waals surface area (Å²) in [5, 5.41) is 2.59. The molecule has 2 aromatic carbocycles. The average molecular weight is 476 g/mol. The number of anilines is 1. The van der Waals surface area contributed by atoms with Gasteiger partial charge < -0.3 is 10.1 Å².